The quantitative estimate of drug-likeness (QED) is 0.639. The zero-order chi connectivity index (χ0) is 11.2. The molecular formula is C10H8Br2O3. The van der Waals surface area contributed by atoms with Crippen molar-refractivity contribution in [1.29, 1.82) is 0 Å². The number of rotatable bonds is 0. The van der Waals surface area contributed by atoms with E-state index in [1.165, 1.54) is 0 Å². The minimum atomic E-state index is -0.761. The number of allylic oxidation sites excluding steroid dienone is 2. The minimum Gasteiger partial charge on any atom is -0.450 e. The van der Waals surface area contributed by atoms with Crippen molar-refractivity contribution in [1.82, 2.24) is 0 Å². The van der Waals surface area contributed by atoms with E-state index in [1.807, 2.05) is 6.92 Å². The Kier molecular flexibility index (Phi) is 2.63. The summed E-state index contributed by atoms with van der Waals surface area (Å²) < 4.78 is 6.15. The molecule has 2 rings (SSSR count). The molecule has 1 aliphatic heterocycles. The number of hydrogen-bond acceptors (Lipinski definition) is 3. The highest BCUT2D eigenvalue weighted by Crippen LogP contribution is 2.41. The number of esters is 1. The highest BCUT2D eigenvalue weighted by molar-refractivity contribution is 9.13. The maximum absolute atomic E-state index is 11.5. The van der Waals surface area contributed by atoms with Gasteiger partial charge in [0.2, 0.25) is 5.78 Å². The van der Waals surface area contributed by atoms with Gasteiger partial charge in [-0.15, -0.1) is 0 Å². The lowest BCUT2D eigenvalue weighted by molar-refractivity contribution is -0.143. The maximum atomic E-state index is 11.5. The van der Waals surface area contributed by atoms with Crippen LogP contribution in [0.1, 0.15) is 13.3 Å². The second-order valence-corrected chi connectivity index (χ2v) is 5.46. The van der Waals surface area contributed by atoms with Crippen molar-refractivity contribution >= 4 is 43.6 Å². The molecule has 1 atom stereocenters. The molecule has 0 bridgehead atoms. The number of carbonyl (C=O) groups excluding carboxylic acids is 2. The van der Waals surface area contributed by atoms with Crippen molar-refractivity contribution in [2.45, 2.75) is 18.9 Å². The molecule has 0 radical (unpaired) electrons. The Morgan fingerprint density at radius 1 is 1.33 bits per heavy atom. The van der Waals surface area contributed by atoms with Gasteiger partial charge in [0, 0.05) is 5.92 Å². The van der Waals surface area contributed by atoms with Crippen LogP contribution in [0.4, 0.5) is 0 Å². The van der Waals surface area contributed by atoms with Gasteiger partial charge in [0.05, 0.1) is 15.4 Å². The molecule has 0 aromatic heterocycles. The van der Waals surface area contributed by atoms with E-state index >= 15 is 0 Å². The molecule has 1 aliphatic carbocycles. The van der Waals surface area contributed by atoms with Crippen LogP contribution in [0.3, 0.4) is 0 Å². The molecule has 2 aliphatic rings. The molecule has 1 heterocycles. The van der Waals surface area contributed by atoms with Crippen LogP contribution < -0.4 is 0 Å². The van der Waals surface area contributed by atoms with Gasteiger partial charge in [-0.25, -0.2) is 0 Å². The predicted octanol–water partition coefficient (Wildman–Crippen LogP) is 2.45. The lowest BCUT2D eigenvalue weighted by Crippen LogP contribution is -2.33. The number of carbonyl (C=O) groups is 2. The number of Topliss-reactive ketones (excluding diaryl/α,β-unsaturated/α-hetero) is 1. The van der Waals surface area contributed by atoms with E-state index < -0.39 is 5.60 Å². The third-order valence-corrected chi connectivity index (χ3v) is 3.85. The highest BCUT2D eigenvalue weighted by atomic mass is 79.9. The van der Waals surface area contributed by atoms with Gasteiger partial charge in [-0.05, 0) is 44.0 Å². The number of hydrogen-bond donors (Lipinski definition) is 0. The molecule has 15 heavy (non-hydrogen) atoms. The summed E-state index contributed by atoms with van der Waals surface area (Å²) in [5.41, 5.74) is -0.761. The summed E-state index contributed by atoms with van der Waals surface area (Å²) in [6.07, 6.45) is 3.70. The maximum Gasteiger partial charge on any atom is 0.307 e. The van der Waals surface area contributed by atoms with Crippen LogP contribution in [-0.4, -0.2) is 17.4 Å². The molecule has 0 saturated carbocycles. The molecule has 80 valence electrons. The highest BCUT2D eigenvalue weighted by Gasteiger charge is 2.46. The van der Waals surface area contributed by atoms with E-state index in [0.29, 0.717) is 15.4 Å². The van der Waals surface area contributed by atoms with Gasteiger partial charge in [-0.3, -0.25) is 9.59 Å². The van der Waals surface area contributed by atoms with Crippen molar-refractivity contribution in [3.8, 4) is 0 Å². The SMILES string of the molecule is CC1CC(=O)OC12C=C(Br)C(=O)C(Br)=C2. The van der Waals surface area contributed by atoms with Crippen LogP contribution in [0.15, 0.2) is 21.1 Å². The summed E-state index contributed by atoms with van der Waals surface area (Å²) >= 11 is 6.35. The lowest BCUT2D eigenvalue weighted by Gasteiger charge is -2.28. The fourth-order valence-corrected chi connectivity index (χ4v) is 3.18. The molecule has 5 heteroatoms. The molecule has 0 aromatic carbocycles. The average molecular weight is 336 g/mol. The first-order chi connectivity index (χ1) is 6.94. The molecule has 0 aromatic rings. The largest absolute Gasteiger partial charge is 0.450 e. The van der Waals surface area contributed by atoms with Crippen LogP contribution >= 0.6 is 31.9 Å². The van der Waals surface area contributed by atoms with Gasteiger partial charge >= 0.3 is 5.97 Å². The van der Waals surface area contributed by atoms with Crippen LogP contribution in [0, 0.1) is 5.92 Å². The van der Waals surface area contributed by atoms with Gasteiger partial charge in [0.15, 0.2) is 5.60 Å². The fourth-order valence-electron chi connectivity index (χ4n) is 1.78. The Labute approximate surface area is 104 Å². The second kappa shape index (κ2) is 3.56. The summed E-state index contributed by atoms with van der Waals surface area (Å²) in [7, 11) is 0. The molecular weight excluding hydrogens is 328 g/mol. The van der Waals surface area contributed by atoms with E-state index in [4.69, 9.17) is 4.74 Å². The first-order valence-electron chi connectivity index (χ1n) is 4.48. The smallest absolute Gasteiger partial charge is 0.307 e. The standard InChI is InChI=1S/C10H8Br2O3/c1-5-2-8(13)15-10(5)3-6(11)9(14)7(12)4-10/h3-5H,2H2,1H3. The van der Waals surface area contributed by atoms with Crippen LogP contribution in [0.25, 0.3) is 0 Å². The Morgan fingerprint density at radius 3 is 2.27 bits per heavy atom. The Balaban J connectivity index is 2.46. The summed E-state index contributed by atoms with van der Waals surface area (Å²) in [5, 5.41) is 0. The summed E-state index contributed by atoms with van der Waals surface area (Å²) in [6, 6.07) is 0. The third kappa shape index (κ3) is 1.72. The Bertz CT molecular complexity index is 387. The Morgan fingerprint density at radius 2 is 1.87 bits per heavy atom. The van der Waals surface area contributed by atoms with Gasteiger partial charge < -0.3 is 4.74 Å². The number of ether oxygens (including phenoxy) is 1. The predicted molar refractivity (Wildman–Crippen MR) is 61.6 cm³/mol. The monoisotopic (exact) mass is 334 g/mol. The number of ketones is 1. The second-order valence-electron chi connectivity index (χ2n) is 3.75. The average Bonchev–Trinajstić information content (AvgIpc) is 2.38. The van der Waals surface area contributed by atoms with Crippen molar-refractivity contribution in [3.05, 3.63) is 21.1 Å². The van der Waals surface area contributed by atoms with Crippen molar-refractivity contribution in [2.24, 2.45) is 5.92 Å². The lowest BCUT2D eigenvalue weighted by atomic mass is 9.85. The summed E-state index contributed by atoms with van der Waals surface area (Å²) in [4.78, 5) is 22.7. The van der Waals surface area contributed by atoms with Crippen LogP contribution in [0.5, 0.6) is 0 Å². The van der Waals surface area contributed by atoms with Gasteiger partial charge in [-0.1, -0.05) is 6.92 Å². The fraction of sp³-hybridized carbons (Fsp3) is 0.400. The zero-order valence-electron chi connectivity index (χ0n) is 7.92. The third-order valence-electron chi connectivity index (χ3n) is 2.67. The van der Waals surface area contributed by atoms with Gasteiger partial charge in [0.25, 0.3) is 0 Å². The molecule has 1 unspecified atom stereocenters. The molecule has 0 N–H and O–H groups in total. The number of halogens is 2. The van der Waals surface area contributed by atoms with E-state index in [-0.39, 0.29) is 17.7 Å². The summed E-state index contributed by atoms with van der Waals surface area (Å²) in [6.45, 7) is 1.92. The Hall–Kier alpha value is -0.420. The molecule has 1 spiro atoms. The first-order valence-corrected chi connectivity index (χ1v) is 6.06. The van der Waals surface area contributed by atoms with Crippen molar-refractivity contribution in [2.75, 3.05) is 0 Å². The normalized spacial score (nSPS) is 28.9. The van der Waals surface area contributed by atoms with E-state index in [9.17, 15) is 9.59 Å². The van der Waals surface area contributed by atoms with E-state index in [1.54, 1.807) is 12.2 Å². The summed E-state index contributed by atoms with van der Waals surface area (Å²) in [5.74, 6) is -0.320. The molecule has 0 amide bonds. The van der Waals surface area contributed by atoms with Crippen molar-refractivity contribution in [3.63, 3.8) is 0 Å². The van der Waals surface area contributed by atoms with Crippen LogP contribution in [-0.2, 0) is 14.3 Å². The molecule has 1 saturated heterocycles. The zero-order valence-corrected chi connectivity index (χ0v) is 11.1. The van der Waals surface area contributed by atoms with E-state index in [0.717, 1.165) is 0 Å². The molecule has 3 nitrogen and oxygen atoms in total. The van der Waals surface area contributed by atoms with Crippen LogP contribution in [0.2, 0.25) is 0 Å². The topological polar surface area (TPSA) is 43.4 Å². The molecule has 1 fully saturated rings. The first kappa shape index (κ1) is 11.1. The van der Waals surface area contributed by atoms with Gasteiger partial charge in [-0.2, -0.15) is 0 Å². The van der Waals surface area contributed by atoms with Gasteiger partial charge in [0.1, 0.15) is 0 Å². The van der Waals surface area contributed by atoms with Crippen molar-refractivity contribution < 1.29 is 14.3 Å². The minimum absolute atomic E-state index is 0.0400. The van der Waals surface area contributed by atoms with E-state index in [2.05, 4.69) is 31.9 Å².